The van der Waals surface area contributed by atoms with Gasteiger partial charge in [-0.05, 0) is 62.2 Å². The maximum atomic E-state index is 13.9. The van der Waals surface area contributed by atoms with Crippen LogP contribution in [0.25, 0.3) is 0 Å². The molecule has 3 aromatic rings. The number of nitrogens with zero attached hydrogens (tertiary/aromatic N) is 2. The number of halogens is 1. The van der Waals surface area contributed by atoms with Crippen molar-refractivity contribution >= 4 is 49.2 Å². The second kappa shape index (κ2) is 13.2. The lowest BCUT2D eigenvalue weighted by atomic mass is 10.2. The summed E-state index contributed by atoms with van der Waals surface area (Å²) in [6.07, 6.45) is 4.60. The van der Waals surface area contributed by atoms with Crippen molar-refractivity contribution in [1.29, 1.82) is 0 Å². The van der Waals surface area contributed by atoms with E-state index >= 15 is 0 Å². The Bertz CT molecular complexity index is 1300. The number of methoxy groups -OCH3 is 1. The Hall–Kier alpha value is -3.38. The normalized spacial score (nSPS) is 11.1. The summed E-state index contributed by atoms with van der Waals surface area (Å²) in [6, 6.07) is 11.2. The second-order valence-electron chi connectivity index (χ2n) is 7.83. The van der Waals surface area contributed by atoms with Crippen LogP contribution in [0.2, 0.25) is 0 Å². The predicted molar refractivity (Wildman–Crippen MR) is 141 cm³/mol. The van der Waals surface area contributed by atoms with Crippen molar-refractivity contribution in [2.24, 2.45) is 0 Å². The molecule has 0 aliphatic heterocycles. The van der Waals surface area contributed by atoms with Gasteiger partial charge < -0.3 is 19.2 Å². The molecule has 1 N–H and O–H groups in total. The number of oxazole rings is 1. The number of sulfonamides is 1. The smallest absolute Gasteiger partial charge is 0.311 e. The van der Waals surface area contributed by atoms with Crippen molar-refractivity contribution in [3.8, 4) is 5.75 Å². The largest absolute Gasteiger partial charge is 0.495 e. The molecule has 0 radical (unpaired) electrons. The first-order valence-corrected chi connectivity index (χ1v) is 13.8. The quantitative estimate of drug-likeness (QED) is 0.216. The van der Waals surface area contributed by atoms with E-state index in [1.54, 1.807) is 31.2 Å². The Balaban J connectivity index is 1.87. The Morgan fingerprint density at radius 2 is 1.86 bits per heavy atom. The molecular weight excluding hydrogens is 566 g/mol. The van der Waals surface area contributed by atoms with Crippen LogP contribution in [-0.4, -0.2) is 45.5 Å². The van der Waals surface area contributed by atoms with E-state index in [0.29, 0.717) is 31.6 Å². The van der Waals surface area contributed by atoms with Crippen LogP contribution in [0.5, 0.6) is 5.75 Å². The molecule has 0 bridgehead atoms. The average Bonchev–Trinajstić information content (AvgIpc) is 3.42. The van der Waals surface area contributed by atoms with Crippen LogP contribution in [0.1, 0.15) is 43.3 Å². The van der Waals surface area contributed by atoms with Crippen LogP contribution < -0.4 is 14.4 Å². The van der Waals surface area contributed by atoms with Gasteiger partial charge in [-0.25, -0.2) is 13.4 Å². The van der Waals surface area contributed by atoms with E-state index in [1.165, 1.54) is 42.1 Å². The van der Waals surface area contributed by atoms with Gasteiger partial charge >= 0.3 is 11.9 Å². The molecule has 1 aromatic heterocycles. The van der Waals surface area contributed by atoms with Crippen molar-refractivity contribution in [2.45, 2.75) is 37.5 Å². The van der Waals surface area contributed by atoms with Gasteiger partial charge in [-0.2, -0.15) is 0 Å². The average molecular weight is 594 g/mol. The van der Waals surface area contributed by atoms with Gasteiger partial charge in [0.15, 0.2) is 0 Å². The number of nitrogens with one attached hydrogen (secondary N) is 1. The summed E-state index contributed by atoms with van der Waals surface area (Å²) >= 11 is 3.38. The zero-order valence-corrected chi connectivity index (χ0v) is 22.9. The first-order chi connectivity index (χ1) is 17.8. The summed E-state index contributed by atoms with van der Waals surface area (Å²) in [7, 11) is -2.75. The molecule has 0 aliphatic carbocycles. The highest BCUT2D eigenvalue weighted by Gasteiger charge is 2.29. The fraction of sp³-hybridized carbons (Fsp3) is 0.320. The topological polar surface area (TPSA) is 128 Å². The number of benzene rings is 2. The minimum absolute atomic E-state index is 0.116. The maximum absolute atomic E-state index is 13.9. The summed E-state index contributed by atoms with van der Waals surface area (Å²) in [5.74, 6) is -0.920. The van der Waals surface area contributed by atoms with Crippen molar-refractivity contribution in [2.75, 3.05) is 29.9 Å². The fourth-order valence-electron chi connectivity index (χ4n) is 3.52. The Morgan fingerprint density at radius 3 is 2.51 bits per heavy atom. The number of unbranched alkanes of at least 4 members (excludes halogenated alkanes) is 2. The van der Waals surface area contributed by atoms with E-state index in [1.807, 2.05) is 0 Å². The molecule has 0 unspecified atom stereocenters. The molecule has 1 amide bonds. The van der Waals surface area contributed by atoms with E-state index in [2.05, 4.69) is 26.2 Å². The van der Waals surface area contributed by atoms with E-state index in [-0.39, 0.29) is 41.2 Å². The lowest BCUT2D eigenvalue weighted by molar-refractivity contribution is -0.143. The number of esters is 1. The van der Waals surface area contributed by atoms with Gasteiger partial charge in [-0.3, -0.25) is 13.9 Å². The Morgan fingerprint density at radius 1 is 1.11 bits per heavy atom. The van der Waals surface area contributed by atoms with E-state index < -0.39 is 15.9 Å². The summed E-state index contributed by atoms with van der Waals surface area (Å²) in [6.45, 7) is 2.25. The molecule has 0 aliphatic rings. The van der Waals surface area contributed by atoms with Crippen LogP contribution >= 0.6 is 15.9 Å². The number of carbonyl (C=O) groups is 2. The monoisotopic (exact) mass is 593 g/mol. The number of carbonyl (C=O) groups excluding carboxylic acids is 2. The van der Waals surface area contributed by atoms with E-state index in [0.717, 1.165) is 4.47 Å². The first kappa shape index (κ1) is 28.2. The number of hydrogen-bond acceptors (Lipinski definition) is 8. The van der Waals surface area contributed by atoms with E-state index in [4.69, 9.17) is 13.9 Å². The van der Waals surface area contributed by atoms with Crippen molar-refractivity contribution in [3.05, 3.63) is 65.3 Å². The van der Waals surface area contributed by atoms with Gasteiger partial charge in [0.1, 0.15) is 16.9 Å². The summed E-state index contributed by atoms with van der Waals surface area (Å²) in [4.78, 5) is 27.7. The number of aromatic nitrogens is 1. The van der Waals surface area contributed by atoms with Crippen molar-refractivity contribution in [3.63, 3.8) is 0 Å². The molecule has 1 heterocycles. The number of ether oxygens (including phenoxy) is 2. The number of hydrogen-bond donors (Lipinski definition) is 1. The molecule has 198 valence electrons. The maximum Gasteiger partial charge on any atom is 0.311 e. The zero-order chi connectivity index (χ0) is 26.8. The highest BCUT2D eigenvalue weighted by molar-refractivity contribution is 9.10. The summed E-state index contributed by atoms with van der Waals surface area (Å²) < 4.78 is 45.3. The number of amides is 1. The van der Waals surface area contributed by atoms with Crippen LogP contribution in [-0.2, 0) is 19.6 Å². The third kappa shape index (κ3) is 7.56. The molecule has 3 rings (SSSR count). The van der Waals surface area contributed by atoms with Crippen LogP contribution in [0.15, 0.2) is 68.7 Å². The van der Waals surface area contributed by atoms with Crippen LogP contribution in [0, 0.1) is 0 Å². The molecular formula is C25H28BrN3O7S. The Kier molecular flexibility index (Phi) is 10.1. The SMILES string of the molecule is CCOC(=O)CCCCCN(c1ccc(Br)cc1)S(=O)(=O)c1cc(NC(=O)c2ncco2)ccc1OC. The van der Waals surface area contributed by atoms with Gasteiger partial charge in [0.05, 0.1) is 25.6 Å². The lowest BCUT2D eigenvalue weighted by Crippen LogP contribution is -2.32. The highest BCUT2D eigenvalue weighted by Crippen LogP contribution is 2.33. The van der Waals surface area contributed by atoms with Crippen molar-refractivity contribution < 1.29 is 31.9 Å². The number of rotatable bonds is 13. The predicted octanol–water partition coefficient (Wildman–Crippen LogP) is 5.02. The molecule has 2 aromatic carbocycles. The molecule has 12 heteroatoms. The molecule has 0 saturated carbocycles. The highest BCUT2D eigenvalue weighted by atomic mass is 79.9. The summed E-state index contributed by atoms with van der Waals surface area (Å²) in [5, 5.41) is 2.59. The molecule has 0 fully saturated rings. The number of anilines is 2. The molecule has 0 spiro atoms. The first-order valence-electron chi connectivity index (χ1n) is 11.6. The minimum atomic E-state index is -4.12. The van der Waals surface area contributed by atoms with E-state index in [9.17, 15) is 18.0 Å². The van der Waals surface area contributed by atoms with Gasteiger partial charge in [-0.15, -0.1) is 0 Å². The zero-order valence-electron chi connectivity index (χ0n) is 20.5. The third-order valence-electron chi connectivity index (χ3n) is 5.28. The van der Waals surface area contributed by atoms with Gasteiger partial charge in [-0.1, -0.05) is 22.4 Å². The lowest BCUT2D eigenvalue weighted by Gasteiger charge is -2.26. The molecule has 10 nitrogen and oxygen atoms in total. The second-order valence-corrected chi connectivity index (χ2v) is 10.6. The summed E-state index contributed by atoms with van der Waals surface area (Å²) in [5.41, 5.74) is 0.692. The van der Waals surface area contributed by atoms with Crippen LogP contribution in [0.4, 0.5) is 11.4 Å². The van der Waals surface area contributed by atoms with Gasteiger partial charge in [0.2, 0.25) is 0 Å². The van der Waals surface area contributed by atoms with Gasteiger partial charge in [0.25, 0.3) is 15.9 Å². The van der Waals surface area contributed by atoms with Gasteiger partial charge in [0, 0.05) is 23.1 Å². The van der Waals surface area contributed by atoms with Crippen molar-refractivity contribution in [1.82, 2.24) is 4.98 Å². The Labute approximate surface area is 224 Å². The fourth-order valence-corrected chi connectivity index (χ4v) is 5.48. The van der Waals surface area contributed by atoms with Crippen LogP contribution in [0.3, 0.4) is 0 Å². The molecule has 37 heavy (non-hydrogen) atoms. The molecule has 0 saturated heterocycles. The molecule has 0 atom stereocenters. The minimum Gasteiger partial charge on any atom is -0.495 e. The standard InChI is InChI=1S/C25H28BrN3O7S/c1-3-35-23(30)7-5-4-6-15-29(20-11-8-18(26)9-12-20)37(32,33)22-17-19(10-13-21(22)34-2)28-24(31)25-27-14-16-36-25/h8-14,16-17H,3-7,15H2,1-2H3,(H,28,31). The third-order valence-corrected chi connectivity index (χ3v) is 7.66.